The van der Waals surface area contributed by atoms with Gasteiger partial charge in [-0.25, -0.2) is 0 Å². The Morgan fingerprint density at radius 3 is 1.23 bits per heavy atom. The Kier molecular flexibility index (Phi) is 7.70. The third-order valence-corrected chi connectivity index (χ3v) is 8.99. The van der Waals surface area contributed by atoms with Gasteiger partial charge in [0.2, 0.25) is 0 Å². The fourth-order valence-electron chi connectivity index (χ4n) is 3.97. The molecule has 0 saturated carbocycles. The van der Waals surface area contributed by atoms with Crippen molar-refractivity contribution >= 4 is 11.8 Å². The van der Waals surface area contributed by atoms with Gasteiger partial charge >= 0.3 is 0 Å². The van der Waals surface area contributed by atoms with Crippen molar-refractivity contribution in [3.63, 3.8) is 0 Å². The van der Waals surface area contributed by atoms with Gasteiger partial charge in [0.1, 0.15) is 0 Å². The maximum absolute atomic E-state index is 2.37. The van der Waals surface area contributed by atoms with E-state index in [0.717, 1.165) is 0 Å². The van der Waals surface area contributed by atoms with Crippen LogP contribution < -0.4 is 0 Å². The van der Waals surface area contributed by atoms with E-state index in [9.17, 15) is 0 Å². The van der Waals surface area contributed by atoms with Crippen molar-refractivity contribution in [1.82, 2.24) is 0 Å². The highest BCUT2D eigenvalue weighted by atomic mass is 32.2. The topological polar surface area (TPSA) is 0 Å². The molecular formula is C30H38S. The van der Waals surface area contributed by atoms with Crippen molar-refractivity contribution in [1.29, 1.82) is 0 Å². The molecule has 0 saturated heterocycles. The summed E-state index contributed by atoms with van der Waals surface area (Å²) in [6.07, 6.45) is 4.72. The Morgan fingerprint density at radius 1 is 0.516 bits per heavy atom. The summed E-state index contributed by atoms with van der Waals surface area (Å²) in [4.78, 5) is 1.36. The zero-order valence-corrected chi connectivity index (χ0v) is 21.0. The Hall–Kier alpha value is -1.99. The highest BCUT2D eigenvalue weighted by Gasteiger charge is 2.22. The van der Waals surface area contributed by atoms with Crippen molar-refractivity contribution in [3.8, 4) is 22.3 Å². The van der Waals surface area contributed by atoms with Gasteiger partial charge in [-0.2, -0.15) is 0 Å². The predicted molar refractivity (Wildman–Crippen MR) is 140 cm³/mol. The second-order valence-electron chi connectivity index (χ2n) is 9.21. The van der Waals surface area contributed by atoms with Gasteiger partial charge in [-0.05, 0) is 71.0 Å². The van der Waals surface area contributed by atoms with E-state index >= 15 is 0 Å². The highest BCUT2D eigenvalue weighted by molar-refractivity contribution is 8.00. The molecule has 0 nitrogen and oxygen atoms in total. The van der Waals surface area contributed by atoms with Crippen molar-refractivity contribution in [3.05, 3.63) is 78.4 Å². The smallest absolute Gasteiger partial charge is 0.0173 e. The quantitative estimate of drug-likeness (QED) is 0.304. The van der Waals surface area contributed by atoms with E-state index in [2.05, 4.69) is 114 Å². The zero-order valence-electron chi connectivity index (χ0n) is 20.2. The second kappa shape index (κ2) is 10.1. The van der Waals surface area contributed by atoms with E-state index in [1.54, 1.807) is 0 Å². The maximum atomic E-state index is 2.37. The lowest BCUT2D eigenvalue weighted by Crippen LogP contribution is -2.19. The van der Waals surface area contributed by atoms with Crippen LogP contribution in [-0.4, -0.2) is 4.75 Å². The maximum Gasteiger partial charge on any atom is 0.0173 e. The van der Waals surface area contributed by atoms with E-state index in [4.69, 9.17) is 0 Å². The van der Waals surface area contributed by atoms with Crippen LogP contribution in [-0.2, 0) is 5.41 Å². The summed E-state index contributed by atoms with van der Waals surface area (Å²) in [6.45, 7) is 13.9. The first-order valence-electron chi connectivity index (χ1n) is 11.9. The molecule has 0 aliphatic carbocycles. The Morgan fingerprint density at radius 2 is 0.871 bits per heavy atom. The van der Waals surface area contributed by atoms with Crippen molar-refractivity contribution < 1.29 is 0 Å². The minimum Gasteiger partial charge on any atom is -0.120 e. The molecule has 0 unspecified atom stereocenters. The van der Waals surface area contributed by atoms with Gasteiger partial charge in [0, 0.05) is 9.64 Å². The van der Waals surface area contributed by atoms with E-state index in [1.807, 2.05) is 11.8 Å². The minimum atomic E-state index is 0.276. The molecule has 0 bridgehead atoms. The summed E-state index contributed by atoms with van der Waals surface area (Å²) >= 11 is 2.00. The molecule has 3 rings (SSSR count). The summed E-state index contributed by atoms with van der Waals surface area (Å²) in [7, 11) is 0. The van der Waals surface area contributed by atoms with Crippen LogP contribution in [0.4, 0.5) is 0 Å². The summed E-state index contributed by atoms with van der Waals surface area (Å²) in [5, 5.41) is 0. The number of thioether (sulfide) groups is 1. The number of hydrogen-bond acceptors (Lipinski definition) is 1. The van der Waals surface area contributed by atoms with Crippen LogP contribution in [0.3, 0.4) is 0 Å². The van der Waals surface area contributed by atoms with Crippen LogP contribution >= 0.6 is 11.8 Å². The molecule has 0 spiro atoms. The van der Waals surface area contributed by atoms with E-state index in [-0.39, 0.29) is 5.41 Å². The average Bonchev–Trinajstić information content (AvgIpc) is 2.84. The van der Waals surface area contributed by atoms with Crippen LogP contribution in [0.25, 0.3) is 22.3 Å². The van der Waals surface area contributed by atoms with Crippen LogP contribution in [0.2, 0.25) is 0 Å². The fourth-order valence-corrected chi connectivity index (χ4v) is 5.10. The molecule has 164 valence electrons. The van der Waals surface area contributed by atoms with Gasteiger partial charge in [0.15, 0.2) is 0 Å². The number of hydrogen-bond donors (Lipinski definition) is 0. The van der Waals surface area contributed by atoms with Crippen molar-refractivity contribution in [2.75, 3.05) is 0 Å². The first-order valence-corrected chi connectivity index (χ1v) is 12.7. The largest absolute Gasteiger partial charge is 0.120 e. The lowest BCUT2D eigenvalue weighted by molar-refractivity contribution is 0.439. The third kappa shape index (κ3) is 5.44. The van der Waals surface area contributed by atoms with Crippen molar-refractivity contribution in [2.24, 2.45) is 0 Å². The van der Waals surface area contributed by atoms with Gasteiger partial charge in [-0.15, -0.1) is 11.8 Å². The monoisotopic (exact) mass is 430 g/mol. The van der Waals surface area contributed by atoms with Crippen molar-refractivity contribution in [2.45, 2.75) is 82.3 Å². The summed E-state index contributed by atoms with van der Waals surface area (Å²) in [5.41, 5.74) is 6.84. The standard InChI is InChI=1S/C30H38S/c1-7-29(5,8-2)27-19-15-25(16-20-27)23-11-13-24(14-12-23)26-17-21-28(22-18-26)31-30(6,9-3)10-4/h11-22H,7-10H2,1-6H3. The van der Waals surface area contributed by atoms with Gasteiger partial charge in [-0.1, -0.05) is 102 Å². The first-order chi connectivity index (χ1) is 14.9. The van der Waals surface area contributed by atoms with Gasteiger partial charge < -0.3 is 0 Å². The third-order valence-electron chi connectivity index (χ3n) is 7.41. The summed E-state index contributed by atoms with van der Waals surface area (Å²) in [5.74, 6) is 0. The normalized spacial score (nSPS) is 12.2. The zero-order chi connectivity index (χ0) is 22.5. The fraction of sp³-hybridized carbons (Fsp3) is 0.400. The molecule has 0 fully saturated rings. The molecule has 0 N–H and O–H groups in total. The lowest BCUT2D eigenvalue weighted by Gasteiger charge is -2.27. The summed E-state index contributed by atoms with van der Waals surface area (Å²) < 4.78 is 0.324. The Labute approximate surface area is 194 Å². The van der Waals surface area contributed by atoms with E-state index < -0.39 is 0 Å². The van der Waals surface area contributed by atoms with Gasteiger partial charge in [0.25, 0.3) is 0 Å². The van der Waals surface area contributed by atoms with Gasteiger partial charge in [0.05, 0.1) is 0 Å². The van der Waals surface area contributed by atoms with Crippen LogP contribution in [0.15, 0.2) is 77.7 Å². The molecule has 1 heteroatoms. The molecule has 3 aromatic carbocycles. The Bertz CT molecular complexity index is 941. The summed E-state index contributed by atoms with van der Waals surface area (Å²) in [6, 6.07) is 27.2. The molecule has 0 aliphatic rings. The molecule has 0 radical (unpaired) electrons. The molecule has 0 aromatic heterocycles. The Balaban J connectivity index is 1.74. The average molecular weight is 431 g/mol. The predicted octanol–water partition coefficient (Wildman–Crippen LogP) is 9.77. The molecule has 3 aromatic rings. The lowest BCUT2D eigenvalue weighted by atomic mass is 9.77. The molecular weight excluding hydrogens is 392 g/mol. The molecule has 0 aliphatic heterocycles. The highest BCUT2D eigenvalue weighted by Crippen LogP contribution is 2.38. The molecule has 0 amide bonds. The van der Waals surface area contributed by atoms with E-state index in [0.29, 0.717) is 4.75 Å². The SMILES string of the molecule is CCC(C)(CC)Sc1ccc(-c2ccc(-c3ccc(C(C)(CC)CC)cc3)cc2)cc1. The number of benzene rings is 3. The van der Waals surface area contributed by atoms with E-state index in [1.165, 1.54) is 58.4 Å². The van der Waals surface area contributed by atoms with Gasteiger partial charge in [-0.3, -0.25) is 0 Å². The minimum absolute atomic E-state index is 0.276. The molecule has 31 heavy (non-hydrogen) atoms. The van der Waals surface area contributed by atoms with Crippen LogP contribution in [0.1, 0.15) is 72.8 Å². The first kappa shape index (κ1) is 23.7. The second-order valence-corrected chi connectivity index (χ2v) is 10.9. The number of rotatable bonds is 9. The van der Waals surface area contributed by atoms with Crippen LogP contribution in [0.5, 0.6) is 0 Å². The molecule has 0 atom stereocenters. The van der Waals surface area contributed by atoms with Crippen LogP contribution in [0, 0.1) is 0 Å². The molecule has 0 heterocycles.